The summed E-state index contributed by atoms with van der Waals surface area (Å²) in [6, 6.07) is 0. The molecule has 0 amide bonds. The van der Waals surface area contributed by atoms with Crippen LogP contribution in [0.4, 0.5) is 0 Å². The molecule has 0 unspecified atom stereocenters. The Morgan fingerprint density at radius 1 is 1.00 bits per heavy atom. The Morgan fingerprint density at radius 3 is 1.75 bits per heavy atom. The van der Waals surface area contributed by atoms with E-state index >= 15 is 0 Å². The fourth-order valence-corrected chi connectivity index (χ4v) is 3.60. The number of hydrogen-bond donors (Lipinski definition) is 0. The predicted octanol–water partition coefficient (Wildman–Crippen LogP) is 5.07. The van der Waals surface area contributed by atoms with Crippen LogP contribution in [0, 0.1) is 4.58 Å². The molecule has 0 saturated heterocycles. The number of thioether (sulfide) groups is 2. The Morgan fingerprint density at radius 2 is 1.44 bits per heavy atom. The zero-order valence-electron chi connectivity index (χ0n) is 9.10. The van der Waals surface area contributed by atoms with E-state index in [4.69, 9.17) is 0 Å². The normalized spacial score (nSPS) is 16.9. The molecule has 2 aliphatic carbocycles. The van der Waals surface area contributed by atoms with Crippen molar-refractivity contribution in [2.75, 3.05) is 0 Å². The maximum Gasteiger partial charge on any atom is 0 e. The maximum atomic E-state index is 2.21. The summed E-state index contributed by atoms with van der Waals surface area (Å²) < 4.78 is 1.43. The first-order chi connectivity index (χ1) is 6.84. The minimum atomic E-state index is 0. The quantitative estimate of drug-likeness (QED) is 0.650. The van der Waals surface area contributed by atoms with Crippen molar-refractivity contribution >= 4 is 35.9 Å². The summed E-state index contributed by atoms with van der Waals surface area (Å²) in [6.07, 6.45) is 15.3. The van der Waals surface area contributed by atoms with Crippen LogP contribution >= 0.6 is 35.9 Å². The predicted molar refractivity (Wildman–Crippen MR) is 75.0 cm³/mol. The van der Waals surface area contributed by atoms with Crippen molar-refractivity contribution in [2.24, 2.45) is 0 Å². The van der Waals surface area contributed by atoms with Gasteiger partial charge in [0.2, 0.25) is 0 Å². The fraction of sp³-hybridized carbons (Fsp3) is 0.250. The van der Waals surface area contributed by atoms with Gasteiger partial charge in [0, 0.05) is 26.2 Å². The summed E-state index contributed by atoms with van der Waals surface area (Å²) in [5.41, 5.74) is 0. The Balaban J connectivity index is 0.00000112. The third kappa shape index (κ3) is 5.44. The molecule has 0 fully saturated rings. The van der Waals surface area contributed by atoms with Crippen LogP contribution in [-0.2, 0) is 26.2 Å². The van der Waals surface area contributed by atoms with E-state index in [1.807, 2.05) is 23.5 Å². The summed E-state index contributed by atoms with van der Waals surface area (Å²) in [5, 5.41) is 0. The van der Waals surface area contributed by atoms with Crippen LogP contribution in [-0.4, -0.2) is 0 Å². The van der Waals surface area contributed by atoms with Crippen molar-refractivity contribution in [3.05, 3.63) is 50.8 Å². The van der Waals surface area contributed by atoms with Gasteiger partial charge in [-0.25, -0.2) is 0 Å². The summed E-state index contributed by atoms with van der Waals surface area (Å²) in [7, 11) is 0. The van der Waals surface area contributed by atoms with Crippen molar-refractivity contribution in [2.45, 2.75) is 19.8 Å². The van der Waals surface area contributed by atoms with Crippen LogP contribution in [0.5, 0.6) is 0 Å². The van der Waals surface area contributed by atoms with Crippen LogP contribution in [0.15, 0.2) is 46.3 Å². The average molecular weight is 349 g/mol. The Kier molecular flexibility index (Phi) is 9.32. The number of allylic oxidation sites excluding steroid dienone is 8. The zero-order valence-corrected chi connectivity index (χ0v) is 14.0. The number of halogens is 1. The van der Waals surface area contributed by atoms with Gasteiger partial charge in [-0.3, -0.25) is 0 Å². The molecule has 16 heavy (non-hydrogen) atoms. The second-order valence-corrected chi connectivity index (χ2v) is 6.17. The molecule has 0 aromatic heterocycles. The minimum absolute atomic E-state index is 0. The van der Waals surface area contributed by atoms with Crippen LogP contribution in [0.25, 0.3) is 0 Å². The molecular formula is C12H14ClS2Zr-. The maximum absolute atomic E-state index is 2.21. The summed E-state index contributed by atoms with van der Waals surface area (Å²) in [6.45, 7) is 2.20. The van der Waals surface area contributed by atoms with E-state index in [0.29, 0.717) is 0 Å². The molecule has 0 heterocycles. The van der Waals surface area contributed by atoms with E-state index in [-0.39, 0.29) is 38.6 Å². The van der Waals surface area contributed by atoms with E-state index < -0.39 is 0 Å². The third-order valence-electron chi connectivity index (χ3n) is 2.02. The molecule has 0 atom stereocenters. The summed E-state index contributed by atoms with van der Waals surface area (Å²) in [5.74, 6) is 0. The molecule has 4 heteroatoms. The van der Waals surface area contributed by atoms with Crippen LogP contribution in [0.1, 0.15) is 19.8 Å². The van der Waals surface area contributed by atoms with E-state index in [2.05, 4.69) is 43.4 Å². The van der Waals surface area contributed by atoms with Gasteiger partial charge in [0.05, 0.1) is 0 Å². The van der Waals surface area contributed by atoms with Gasteiger partial charge in [-0.1, -0.05) is 36.5 Å². The van der Waals surface area contributed by atoms with Crippen molar-refractivity contribution < 1.29 is 26.2 Å². The van der Waals surface area contributed by atoms with Gasteiger partial charge < -0.3 is 23.5 Å². The summed E-state index contributed by atoms with van der Waals surface area (Å²) in [4.78, 5) is 2.92. The van der Waals surface area contributed by atoms with E-state index in [0.717, 1.165) is 12.8 Å². The van der Waals surface area contributed by atoms with E-state index in [1.165, 1.54) is 14.4 Å². The zero-order chi connectivity index (χ0) is 9.80. The van der Waals surface area contributed by atoms with Gasteiger partial charge in [0.1, 0.15) is 0 Å². The van der Waals surface area contributed by atoms with Gasteiger partial charge >= 0.3 is 0 Å². The molecule has 0 bridgehead atoms. The van der Waals surface area contributed by atoms with E-state index in [1.54, 1.807) is 0 Å². The second-order valence-electron chi connectivity index (χ2n) is 3.23. The van der Waals surface area contributed by atoms with Crippen molar-refractivity contribution in [3.8, 4) is 0 Å². The topological polar surface area (TPSA) is 0 Å². The Labute approximate surface area is 132 Å². The van der Waals surface area contributed by atoms with Crippen molar-refractivity contribution in [1.29, 1.82) is 0 Å². The molecule has 0 aromatic carbocycles. The average Bonchev–Trinajstić information content (AvgIpc) is 2.76. The van der Waals surface area contributed by atoms with Crippen LogP contribution in [0.3, 0.4) is 0 Å². The standard InChI is InChI=1S/C12H13S2.ClH.Zr/c1-10(13-11-6-2-3-7-11)14-12-8-4-5-9-12;;/h2-6,8H,7,9H2,1H3;1H;/q-1;;. The molecule has 0 saturated carbocycles. The molecule has 0 aliphatic heterocycles. The Bertz CT molecular complexity index is 300. The van der Waals surface area contributed by atoms with Crippen LogP contribution < -0.4 is 0 Å². The first-order valence-corrected chi connectivity index (χ1v) is 6.38. The molecule has 2 aliphatic rings. The summed E-state index contributed by atoms with van der Waals surface area (Å²) >= 11 is 3.81. The SMILES string of the molecule is C[C-](SC1=CC=CC1)SC1=CC=CC1.Cl.[Zr]. The number of rotatable bonds is 4. The number of hydrogen-bond acceptors (Lipinski definition) is 2. The van der Waals surface area contributed by atoms with Gasteiger partial charge in [0.15, 0.2) is 0 Å². The molecular weight excluding hydrogens is 335 g/mol. The molecule has 2 rings (SSSR count). The molecule has 0 aromatic rings. The monoisotopic (exact) mass is 347 g/mol. The van der Waals surface area contributed by atoms with E-state index in [9.17, 15) is 0 Å². The van der Waals surface area contributed by atoms with Crippen LogP contribution in [0.2, 0.25) is 0 Å². The smallest absolute Gasteiger partial charge is 0 e. The molecule has 86 valence electrons. The van der Waals surface area contributed by atoms with Gasteiger partial charge in [-0.15, -0.1) is 12.4 Å². The molecule has 0 N–H and O–H groups in total. The first-order valence-electron chi connectivity index (χ1n) is 4.75. The van der Waals surface area contributed by atoms with Gasteiger partial charge in [-0.05, 0) is 22.7 Å². The fourth-order valence-electron chi connectivity index (χ4n) is 1.40. The second kappa shape index (κ2) is 8.86. The first kappa shape index (κ1) is 16.8. The molecule has 0 spiro atoms. The van der Waals surface area contributed by atoms with Crippen molar-refractivity contribution in [3.63, 3.8) is 0 Å². The molecule has 0 radical (unpaired) electrons. The third-order valence-corrected chi connectivity index (χ3v) is 4.23. The Hall–Kier alpha value is 0.833. The molecule has 0 nitrogen and oxygen atoms in total. The largest absolute Gasteiger partial charge is 0.306 e. The van der Waals surface area contributed by atoms with Gasteiger partial charge in [-0.2, -0.15) is 11.5 Å². The minimum Gasteiger partial charge on any atom is -0.306 e. The van der Waals surface area contributed by atoms with Gasteiger partial charge in [0.25, 0.3) is 0 Å². The van der Waals surface area contributed by atoms with Crippen molar-refractivity contribution in [1.82, 2.24) is 0 Å².